The van der Waals surface area contributed by atoms with Crippen LogP contribution in [0.5, 0.6) is 5.75 Å². The van der Waals surface area contributed by atoms with Gasteiger partial charge in [0, 0.05) is 11.6 Å². The van der Waals surface area contributed by atoms with E-state index >= 15 is 0 Å². The van der Waals surface area contributed by atoms with Crippen LogP contribution < -0.4 is 15.8 Å². The van der Waals surface area contributed by atoms with Crippen LogP contribution in [0.15, 0.2) is 24.4 Å². The summed E-state index contributed by atoms with van der Waals surface area (Å²) in [6.45, 7) is 0.281. The van der Waals surface area contributed by atoms with Crippen LogP contribution in [0.1, 0.15) is 5.69 Å². The summed E-state index contributed by atoms with van der Waals surface area (Å²) in [5.41, 5.74) is 6.70. The molecule has 0 saturated heterocycles. The molecule has 2 rings (SSSR count). The first-order valence-corrected chi connectivity index (χ1v) is 6.22. The zero-order valence-corrected chi connectivity index (χ0v) is 11.6. The van der Waals surface area contributed by atoms with E-state index in [9.17, 15) is 4.79 Å². The van der Waals surface area contributed by atoms with Crippen molar-refractivity contribution in [3.63, 3.8) is 0 Å². The average Bonchev–Trinajstić information content (AvgIpc) is 2.86. The summed E-state index contributed by atoms with van der Waals surface area (Å²) in [6, 6.07) is 4.97. The van der Waals surface area contributed by atoms with E-state index in [1.165, 1.54) is 18.0 Å². The van der Waals surface area contributed by atoms with Gasteiger partial charge in [-0.05, 0) is 18.2 Å². The van der Waals surface area contributed by atoms with E-state index in [1.54, 1.807) is 18.2 Å². The number of nitrogens with one attached hydrogen (secondary N) is 1. The molecule has 8 heteroatoms. The number of hydrogen-bond acceptors (Lipinski definition) is 5. The van der Waals surface area contributed by atoms with Crippen LogP contribution in [0.25, 0.3) is 0 Å². The van der Waals surface area contributed by atoms with Crippen molar-refractivity contribution in [1.82, 2.24) is 15.0 Å². The van der Waals surface area contributed by atoms with Gasteiger partial charge in [-0.1, -0.05) is 16.8 Å². The Balaban J connectivity index is 2.10. The molecule has 0 saturated carbocycles. The van der Waals surface area contributed by atoms with Crippen LogP contribution in [0.2, 0.25) is 5.02 Å². The van der Waals surface area contributed by atoms with Crippen molar-refractivity contribution in [1.29, 1.82) is 0 Å². The Labute approximate surface area is 120 Å². The van der Waals surface area contributed by atoms with Gasteiger partial charge in [0.2, 0.25) is 5.91 Å². The highest BCUT2D eigenvalue weighted by Crippen LogP contribution is 2.27. The molecule has 0 spiro atoms. The molecule has 1 heterocycles. The first-order valence-electron chi connectivity index (χ1n) is 5.85. The zero-order chi connectivity index (χ0) is 14.5. The minimum atomic E-state index is -0.272. The molecule has 0 aliphatic heterocycles. The summed E-state index contributed by atoms with van der Waals surface area (Å²) in [5.74, 6) is 0.256. The van der Waals surface area contributed by atoms with Crippen molar-refractivity contribution in [2.24, 2.45) is 5.73 Å². The molecule has 0 atom stereocenters. The van der Waals surface area contributed by atoms with Crippen LogP contribution in [0.4, 0.5) is 5.69 Å². The molecule has 20 heavy (non-hydrogen) atoms. The smallest absolute Gasteiger partial charge is 0.246 e. The monoisotopic (exact) mass is 295 g/mol. The minimum Gasteiger partial charge on any atom is -0.495 e. The van der Waals surface area contributed by atoms with Gasteiger partial charge in [-0.25, -0.2) is 4.68 Å². The van der Waals surface area contributed by atoms with Crippen LogP contribution in [-0.2, 0) is 17.9 Å². The van der Waals surface area contributed by atoms with Gasteiger partial charge in [0.05, 0.1) is 24.7 Å². The van der Waals surface area contributed by atoms with Crippen LogP contribution >= 0.6 is 11.6 Å². The summed E-state index contributed by atoms with van der Waals surface area (Å²) in [7, 11) is 1.52. The maximum Gasteiger partial charge on any atom is 0.246 e. The average molecular weight is 296 g/mol. The van der Waals surface area contributed by atoms with Crippen LogP contribution in [-0.4, -0.2) is 28.0 Å². The number of nitrogens with two attached hydrogens (primary N) is 1. The fourth-order valence-corrected chi connectivity index (χ4v) is 1.85. The summed E-state index contributed by atoms with van der Waals surface area (Å²) in [5, 5.41) is 10.7. The third-order valence-electron chi connectivity index (χ3n) is 2.64. The largest absolute Gasteiger partial charge is 0.495 e. The second-order valence-electron chi connectivity index (χ2n) is 3.98. The molecule has 1 aromatic carbocycles. The molecular weight excluding hydrogens is 282 g/mol. The molecule has 0 fully saturated rings. The lowest BCUT2D eigenvalue weighted by molar-refractivity contribution is -0.117. The molecule has 1 amide bonds. The Bertz CT molecular complexity index is 614. The van der Waals surface area contributed by atoms with Crippen molar-refractivity contribution in [2.75, 3.05) is 12.4 Å². The van der Waals surface area contributed by atoms with Gasteiger partial charge >= 0.3 is 0 Å². The van der Waals surface area contributed by atoms with E-state index in [2.05, 4.69) is 15.6 Å². The standard InChI is InChI=1S/C12H14ClN5O2/c1-20-11-3-2-8(13)4-10(11)16-12(19)7-18-9(5-14)6-15-17-18/h2-4,6H,5,7,14H2,1H3,(H,16,19). The van der Waals surface area contributed by atoms with Gasteiger partial charge in [0.15, 0.2) is 0 Å². The second kappa shape index (κ2) is 6.36. The number of anilines is 1. The maximum atomic E-state index is 12.0. The van der Waals surface area contributed by atoms with Crippen molar-refractivity contribution in [2.45, 2.75) is 13.1 Å². The maximum absolute atomic E-state index is 12.0. The molecule has 0 aliphatic carbocycles. The highest BCUT2D eigenvalue weighted by atomic mass is 35.5. The molecule has 7 nitrogen and oxygen atoms in total. The first-order chi connectivity index (χ1) is 9.63. The predicted octanol–water partition coefficient (Wildman–Crippen LogP) is 1.04. The van der Waals surface area contributed by atoms with Gasteiger partial charge in [0.25, 0.3) is 0 Å². The number of nitrogens with zero attached hydrogens (tertiary/aromatic N) is 3. The van der Waals surface area contributed by atoms with Crippen molar-refractivity contribution < 1.29 is 9.53 Å². The van der Waals surface area contributed by atoms with Gasteiger partial charge in [-0.2, -0.15) is 0 Å². The van der Waals surface area contributed by atoms with E-state index in [-0.39, 0.29) is 19.0 Å². The molecular formula is C12H14ClN5O2. The van der Waals surface area contributed by atoms with Gasteiger partial charge in [-0.15, -0.1) is 5.10 Å². The molecule has 0 bridgehead atoms. The number of carbonyl (C=O) groups excluding carboxylic acids is 1. The summed E-state index contributed by atoms with van der Waals surface area (Å²) >= 11 is 5.90. The highest BCUT2D eigenvalue weighted by Gasteiger charge is 2.11. The van der Waals surface area contributed by atoms with Crippen molar-refractivity contribution in [3.8, 4) is 5.75 Å². The number of methoxy groups -OCH3 is 1. The number of carbonyl (C=O) groups is 1. The van der Waals surface area contributed by atoms with Crippen molar-refractivity contribution in [3.05, 3.63) is 35.1 Å². The Morgan fingerprint density at radius 2 is 2.35 bits per heavy atom. The SMILES string of the molecule is COc1ccc(Cl)cc1NC(=O)Cn1nncc1CN. The molecule has 1 aromatic heterocycles. The van der Waals surface area contributed by atoms with E-state index in [0.717, 1.165) is 0 Å². The van der Waals surface area contributed by atoms with E-state index < -0.39 is 0 Å². The Hall–Kier alpha value is -2.12. The Morgan fingerprint density at radius 3 is 3.05 bits per heavy atom. The molecule has 0 unspecified atom stereocenters. The molecule has 2 aromatic rings. The van der Waals surface area contributed by atoms with E-state index in [4.69, 9.17) is 22.1 Å². The third kappa shape index (κ3) is 3.25. The lowest BCUT2D eigenvalue weighted by Crippen LogP contribution is -2.22. The van der Waals surface area contributed by atoms with Crippen LogP contribution in [0.3, 0.4) is 0 Å². The summed E-state index contributed by atoms with van der Waals surface area (Å²) < 4.78 is 6.59. The number of ether oxygens (including phenoxy) is 1. The Morgan fingerprint density at radius 1 is 1.55 bits per heavy atom. The Kier molecular flexibility index (Phi) is 4.54. The van der Waals surface area contributed by atoms with Crippen LogP contribution in [0, 0.1) is 0 Å². The first kappa shape index (κ1) is 14.3. The summed E-state index contributed by atoms with van der Waals surface area (Å²) in [6.07, 6.45) is 1.52. The fraction of sp³-hybridized carbons (Fsp3) is 0.250. The highest BCUT2D eigenvalue weighted by molar-refractivity contribution is 6.31. The molecule has 0 aliphatic rings. The van der Waals surface area contributed by atoms with Crippen molar-refractivity contribution >= 4 is 23.2 Å². The predicted molar refractivity (Wildman–Crippen MR) is 74.5 cm³/mol. The van der Waals surface area contributed by atoms with Gasteiger partial charge in [-0.3, -0.25) is 4.79 Å². The normalized spacial score (nSPS) is 10.3. The zero-order valence-electron chi connectivity index (χ0n) is 10.8. The number of rotatable bonds is 5. The minimum absolute atomic E-state index is 0.0161. The molecule has 0 radical (unpaired) electrons. The number of hydrogen-bond donors (Lipinski definition) is 2. The van der Waals surface area contributed by atoms with E-state index in [1.807, 2.05) is 0 Å². The molecule has 3 N–H and O–H groups in total. The number of amides is 1. The van der Waals surface area contributed by atoms with E-state index in [0.29, 0.717) is 22.2 Å². The number of aromatic nitrogens is 3. The topological polar surface area (TPSA) is 95.1 Å². The lowest BCUT2D eigenvalue weighted by Gasteiger charge is -2.11. The fourth-order valence-electron chi connectivity index (χ4n) is 1.67. The number of halogens is 1. The lowest BCUT2D eigenvalue weighted by atomic mass is 10.3. The second-order valence-corrected chi connectivity index (χ2v) is 4.42. The van der Waals surface area contributed by atoms with Gasteiger partial charge < -0.3 is 15.8 Å². The quantitative estimate of drug-likeness (QED) is 0.859. The molecule has 106 valence electrons. The summed E-state index contributed by atoms with van der Waals surface area (Å²) in [4.78, 5) is 12.0. The number of benzene rings is 1. The third-order valence-corrected chi connectivity index (χ3v) is 2.87. The van der Waals surface area contributed by atoms with Gasteiger partial charge in [0.1, 0.15) is 12.3 Å².